The first kappa shape index (κ1) is 10.4. The van der Waals surface area contributed by atoms with E-state index in [-0.39, 0.29) is 0 Å². The SMILES string of the molecule is COCC(C)NCC1(SC)CC1. The lowest BCUT2D eigenvalue weighted by Crippen LogP contribution is -2.36. The predicted molar refractivity (Wildman–Crippen MR) is 54.8 cm³/mol. The second kappa shape index (κ2) is 4.49. The van der Waals surface area contributed by atoms with E-state index in [1.54, 1.807) is 7.11 Å². The first-order chi connectivity index (χ1) is 5.72. The van der Waals surface area contributed by atoms with Gasteiger partial charge in [-0.1, -0.05) is 0 Å². The fraction of sp³-hybridized carbons (Fsp3) is 1.00. The highest BCUT2D eigenvalue weighted by Gasteiger charge is 2.41. The second-order valence-corrected chi connectivity index (χ2v) is 4.90. The third kappa shape index (κ3) is 2.96. The molecule has 1 aliphatic rings. The van der Waals surface area contributed by atoms with Crippen LogP contribution in [0.4, 0.5) is 0 Å². The molecule has 0 heterocycles. The zero-order valence-electron chi connectivity index (χ0n) is 8.22. The molecule has 0 aromatic carbocycles. The summed E-state index contributed by atoms with van der Waals surface area (Å²) in [5, 5.41) is 3.49. The van der Waals surface area contributed by atoms with Gasteiger partial charge in [0.1, 0.15) is 0 Å². The summed E-state index contributed by atoms with van der Waals surface area (Å²) in [4.78, 5) is 0. The van der Waals surface area contributed by atoms with Crippen LogP contribution < -0.4 is 5.32 Å². The standard InChI is InChI=1S/C9H19NOS/c1-8(6-11-2)10-7-9(12-3)4-5-9/h8,10H,4-7H2,1-3H3. The maximum atomic E-state index is 5.05. The number of ether oxygens (including phenoxy) is 1. The van der Waals surface area contributed by atoms with E-state index in [1.807, 2.05) is 11.8 Å². The summed E-state index contributed by atoms with van der Waals surface area (Å²) in [6.07, 6.45) is 4.96. The van der Waals surface area contributed by atoms with Crippen molar-refractivity contribution in [2.45, 2.75) is 30.6 Å². The first-order valence-corrected chi connectivity index (χ1v) is 5.72. The summed E-state index contributed by atoms with van der Waals surface area (Å²) in [5.74, 6) is 0. The van der Waals surface area contributed by atoms with E-state index in [4.69, 9.17) is 4.74 Å². The van der Waals surface area contributed by atoms with E-state index in [0.29, 0.717) is 10.8 Å². The van der Waals surface area contributed by atoms with Crippen LogP contribution in [0.15, 0.2) is 0 Å². The van der Waals surface area contributed by atoms with Crippen molar-refractivity contribution in [2.24, 2.45) is 0 Å². The molecule has 0 aromatic heterocycles. The van der Waals surface area contributed by atoms with Gasteiger partial charge in [0.05, 0.1) is 6.61 Å². The Labute approximate surface area is 79.4 Å². The Balaban J connectivity index is 2.08. The number of methoxy groups -OCH3 is 1. The molecule has 0 spiro atoms. The largest absolute Gasteiger partial charge is 0.383 e. The summed E-state index contributed by atoms with van der Waals surface area (Å²) in [5.41, 5.74) is 0. The molecule has 1 N–H and O–H groups in total. The smallest absolute Gasteiger partial charge is 0.0613 e. The van der Waals surface area contributed by atoms with Crippen LogP contribution in [0, 0.1) is 0 Å². The van der Waals surface area contributed by atoms with E-state index in [1.165, 1.54) is 12.8 Å². The fourth-order valence-electron chi connectivity index (χ4n) is 1.26. The highest BCUT2D eigenvalue weighted by atomic mass is 32.2. The molecule has 1 fully saturated rings. The molecule has 0 aromatic rings. The van der Waals surface area contributed by atoms with Crippen molar-refractivity contribution in [3.8, 4) is 0 Å². The van der Waals surface area contributed by atoms with Gasteiger partial charge < -0.3 is 10.1 Å². The minimum atomic E-state index is 0.486. The molecule has 12 heavy (non-hydrogen) atoms. The lowest BCUT2D eigenvalue weighted by molar-refractivity contribution is 0.172. The number of hydrogen-bond donors (Lipinski definition) is 1. The summed E-state index contributed by atoms with van der Waals surface area (Å²) in [7, 11) is 1.75. The van der Waals surface area contributed by atoms with Crippen molar-refractivity contribution in [2.75, 3.05) is 26.5 Å². The van der Waals surface area contributed by atoms with Crippen LogP contribution in [-0.4, -0.2) is 37.3 Å². The molecule has 0 aliphatic heterocycles. The molecule has 1 aliphatic carbocycles. The van der Waals surface area contributed by atoms with Gasteiger partial charge in [-0.3, -0.25) is 0 Å². The average molecular weight is 189 g/mol. The van der Waals surface area contributed by atoms with Crippen molar-refractivity contribution >= 4 is 11.8 Å². The van der Waals surface area contributed by atoms with E-state index < -0.39 is 0 Å². The topological polar surface area (TPSA) is 21.3 Å². The Morgan fingerprint density at radius 1 is 1.58 bits per heavy atom. The maximum Gasteiger partial charge on any atom is 0.0613 e. The molecule has 1 unspecified atom stereocenters. The van der Waals surface area contributed by atoms with Gasteiger partial charge in [0, 0.05) is 24.4 Å². The summed E-state index contributed by atoms with van der Waals surface area (Å²) < 4.78 is 5.63. The molecule has 1 atom stereocenters. The van der Waals surface area contributed by atoms with Crippen molar-refractivity contribution in [1.82, 2.24) is 5.32 Å². The Morgan fingerprint density at radius 3 is 2.67 bits per heavy atom. The Hall–Kier alpha value is 0.270. The van der Waals surface area contributed by atoms with Gasteiger partial charge in [0.15, 0.2) is 0 Å². The highest BCUT2D eigenvalue weighted by molar-refractivity contribution is 8.00. The number of nitrogens with one attached hydrogen (secondary N) is 1. The van der Waals surface area contributed by atoms with E-state index in [0.717, 1.165) is 13.2 Å². The summed E-state index contributed by atoms with van der Waals surface area (Å²) in [6, 6.07) is 0.486. The van der Waals surface area contributed by atoms with Gasteiger partial charge in [0.25, 0.3) is 0 Å². The number of hydrogen-bond acceptors (Lipinski definition) is 3. The molecule has 1 rings (SSSR count). The Kier molecular flexibility index (Phi) is 3.87. The second-order valence-electron chi connectivity index (χ2n) is 3.62. The van der Waals surface area contributed by atoms with Crippen molar-refractivity contribution in [3.05, 3.63) is 0 Å². The zero-order valence-corrected chi connectivity index (χ0v) is 9.04. The molecule has 0 radical (unpaired) electrons. The van der Waals surface area contributed by atoms with E-state index in [9.17, 15) is 0 Å². The molecule has 0 bridgehead atoms. The van der Waals surface area contributed by atoms with Gasteiger partial charge in [-0.15, -0.1) is 0 Å². The summed E-state index contributed by atoms with van der Waals surface area (Å²) >= 11 is 1.99. The van der Waals surface area contributed by atoms with E-state index >= 15 is 0 Å². The van der Waals surface area contributed by atoms with Crippen LogP contribution in [0.2, 0.25) is 0 Å². The van der Waals surface area contributed by atoms with Crippen molar-refractivity contribution in [1.29, 1.82) is 0 Å². The van der Waals surface area contributed by atoms with Gasteiger partial charge >= 0.3 is 0 Å². The van der Waals surface area contributed by atoms with Crippen LogP contribution in [0.1, 0.15) is 19.8 Å². The molecule has 0 amide bonds. The van der Waals surface area contributed by atoms with Crippen LogP contribution in [0.25, 0.3) is 0 Å². The number of rotatable bonds is 6. The summed E-state index contributed by atoms with van der Waals surface area (Å²) in [6.45, 7) is 4.11. The van der Waals surface area contributed by atoms with Crippen LogP contribution in [0.5, 0.6) is 0 Å². The zero-order chi connectivity index (χ0) is 9.03. The van der Waals surface area contributed by atoms with Gasteiger partial charge in [-0.05, 0) is 26.0 Å². The van der Waals surface area contributed by atoms with E-state index in [2.05, 4.69) is 18.5 Å². The minimum Gasteiger partial charge on any atom is -0.383 e. The molecule has 1 saturated carbocycles. The number of thioether (sulfide) groups is 1. The third-order valence-corrected chi connectivity index (χ3v) is 3.85. The highest BCUT2D eigenvalue weighted by Crippen LogP contribution is 2.46. The minimum absolute atomic E-state index is 0.486. The fourth-order valence-corrected chi connectivity index (χ4v) is 2.00. The quantitative estimate of drug-likeness (QED) is 0.684. The van der Waals surface area contributed by atoms with Crippen LogP contribution in [-0.2, 0) is 4.74 Å². The molecule has 72 valence electrons. The lowest BCUT2D eigenvalue weighted by Gasteiger charge is -2.17. The Bertz CT molecular complexity index is 136. The van der Waals surface area contributed by atoms with Crippen LogP contribution >= 0.6 is 11.8 Å². The normalized spacial score (nSPS) is 22.2. The monoisotopic (exact) mass is 189 g/mol. The molecule has 2 nitrogen and oxygen atoms in total. The third-order valence-electron chi connectivity index (χ3n) is 2.43. The molecule has 0 saturated heterocycles. The van der Waals surface area contributed by atoms with Crippen molar-refractivity contribution < 1.29 is 4.74 Å². The van der Waals surface area contributed by atoms with Gasteiger partial charge in [-0.2, -0.15) is 11.8 Å². The first-order valence-electron chi connectivity index (χ1n) is 4.50. The van der Waals surface area contributed by atoms with Crippen LogP contribution in [0.3, 0.4) is 0 Å². The predicted octanol–water partition coefficient (Wildman–Crippen LogP) is 1.51. The molecule has 3 heteroatoms. The lowest BCUT2D eigenvalue weighted by atomic mass is 10.3. The average Bonchev–Trinajstić information content (AvgIpc) is 2.82. The van der Waals surface area contributed by atoms with Gasteiger partial charge in [-0.25, -0.2) is 0 Å². The Morgan fingerprint density at radius 2 is 2.25 bits per heavy atom. The van der Waals surface area contributed by atoms with Crippen molar-refractivity contribution in [3.63, 3.8) is 0 Å². The maximum absolute atomic E-state index is 5.05. The molecular weight excluding hydrogens is 170 g/mol. The van der Waals surface area contributed by atoms with Gasteiger partial charge in [0.2, 0.25) is 0 Å². The molecular formula is C9H19NOS.